The molecule has 0 atom stereocenters. The number of carbonyl (C=O) groups is 1. The number of anilines is 1. The summed E-state index contributed by atoms with van der Waals surface area (Å²) in [4.78, 5) is 11.9. The standard InChI is InChI=1S/C14H13ClN2O/c1-2-10-4-6-13-11-5-3-9(15)7-12(11)16-14(18)8-17(10)13/h3-7H,2,8H2,1H3,(H,16,18). The van der Waals surface area contributed by atoms with Crippen LogP contribution in [-0.4, -0.2) is 10.5 Å². The fourth-order valence-corrected chi connectivity index (χ4v) is 2.59. The maximum atomic E-state index is 11.9. The van der Waals surface area contributed by atoms with Gasteiger partial charge in [0.2, 0.25) is 5.91 Å². The summed E-state index contributed by atoms with van der Waals surface area (Å²) in [7, 11) is 0. The van der Waals surface area contributed by atoms with E-state index in [4.69, 9.17) is 11.6 Å². The van der Waals surface area contributed by atoms with Gasteiger partial charge in [0.25, 0.3) is 0 Å². The quantitative estimate of drug-likeness (QED) is 0.839. The molecule has 0 radical (unpaired) electrons. The van der Waals surface area contributed by atoms with Crippen molar-refractivity contribution in [2.75, 3.05) is 5.32 Å². The highest BCUT2D eigenvalue weighted by molar-refractivity contribution is 6.31. The van der Waals surface area contributed by atoms with E-state index in [1.54, 1.807) is 6.07 Å². The molecule has 1 N–H and O–H groups in total. The first-order valence-corrected chi connectivity index (χ1v) is 6.35. The molecular formula is C14H13ClN2O. The fourth-order valence-electron chi connectivity index (χ4n) is 2.42. The van der Waals surface area contributed by atoms with Crippen LogP contribution in [-0.2, 0) is 17.8 Å². The van der Waals surface area contributed by atoms with Crippen molar-refractivity contribution in [1.82, 2.24) is 4.57 Å². The first kappa shape index (κ1) is 11.4. The monoisotopic (exact) mass is 260 g/mol. The van der Waals surface area contributed by atoms with Crippen LogP contribution < -0.4 is 5.32 Å². The van der Waals surface area contributed by atoms with Crippen molar-refractivity contribution in [3.8, 4) is 11.3 Å². The van der Waals surface area contributed by atoms with Gasteiger partial charge in [-0.1, -0.05) is 18.5 Å². The Balaban J connectivity index is 2.26. The number of halogens is 1. The number of benzene rings is 1. The van der Waals surface area contributed by atoms with Crippen molar-refractivity contribution >= 4 is 23.2 Å². The second kappa shape index (κ2) is 4.18. The van der Waals surface area contributed by atoms with Gasteiger partial charge in [-0.2, -0.15) is 0 Å². The molecule has 4 heteroatoms. The molecule has 1 amide bonds. The van der Waals surface area contributed by atoms with Gasteiger partial charge < -0.3 is 9.88 Å². The summed E-state index contributed by atoms with van der Waals surface area (Å²) in [6, 6.07) is 9.73. The smallest absolute Gasteiger partial charge is 0.244 e. The van der Waals surface area contributed by atoms with E-state index in [9.17, 15) is 4.79 Å². The van der Waals surface area contributed by atoms with Crippen molar-refractivity contribution in [1.29, 1.82) is 0 Å². The molecular weight excluding hydrogens is 248 g/mol. The molecule has 3 nitrogen and oxygen atoms in total. The number of hydrogen-bond donors (Lipinski definition) is 1. The van der Waals surface area contributed by atoms with Crippen molar-refractivity contribution in [3.05, 3.63) is 41.0 Å². The van der Waals surface area contributed by atoms with Gasteiger partial charge in [-0.3, -0.25) is 4.79 Å². The number of hydrogen-bond acceptors (Lipinski definition) is 1. The van der Waals surface area contributed by atoms with E-state index in [1.807, 2.05) is 12.1 Å². The van der Waals surface area contributed by atoms with Crippen LogP contribution in [0.3, 0.4) is 0 Å². The van der Waals surface area contributed by atoms with Crippen LogP contribution in [0.25, 0.3) is 11.3 Å². The van der Waals surface area contributed by atoms with Gasteiger partial charge in [-0.15, -0.1) is 0 Å². The number of aryl methyl sites for hydroxylation is 1. The minimum atomic E-state index is -0.0110. The molecule has 18 heavy (non-hydrogen) atoms. The lowest BCUT2D eigenvalue weighted by molar-refractivity contribution is -0.116. The molecule has 0 bridgehead atoms. The van der Waals surface area contributed by atoms with E-state index in [0.29, 0.717) is 11.6 Å². The zero-order valence-corrected chi connectivity index (χ0v) is 10.8. The number of aromatic nitrogens is 1. The number of fused-ring (bicyclic) bond motifs is 3. The molecule has 0 aliphatic carbocycles. The molecule has 2 aromatic rings. The van der Waals surface area contributed by atoms with Gasteiger partial charge >= 0.3 is 0 Å². The third-order valence-electron chi connectivity index (χ3n) is 3.27. The lowest BCUT2D eigenvalue weighted by Gasteiger charge is -2.08. The van der Waals surface area contributed by atoms with E-state index < -0.39 is 0 Å². The van der Waals surface area contributed by atoms with Crippen molar-refractivity contribution in [3.63, 3.8) is 0 Å². The van der Waals surface area contributed by atoms with Crippen LogP contribution in [0.4, 0.5) is 5.69 Å². The van der Waals surface area contributed by atoms with E-state index in [1.165, 1.54) is 5.69 Å². The van der Waals surface area contributed by atoms with Gasteiger partial charge in [-0.05, 0) is 36.8 Å². The van der Waals surface area contributed by atoms with Gasteiger partial charge in [0, 0.05) is 16.3 Å². The predicted molar refractivity (Wildman–Crippen MR) is 72.9 cm³/mol. The topological polar surface area (TPSA) is 34.0 Å². The SMILES string of the molecule is CCc1ccc2n1CC(=O)Nc1cc(Cl)ccc1-2. The third kappa shape index (κ3) is 1.71. The van der Waals surface area contributed by atoms with Crippen molar-refractivity contribution in [2.24, 2.45) is 0 Å². The summed E-state index contributed by atoms with van der Waals surface area (Å²) >= 11 is 5.98. The highest BCUT2D eigenvalue weighted by Gasteiger charge is 2.20. The molecule has 92 valence electrons. The number of amides is 1. The van der Waals surface area contributed by atoms with Gasteiger partial charge in [0.1, 0.15) is 6.54 Å². The van der Waals surface area contributed by atoms with Gasteiger partial charge in [-0.25, -0.2) is 0 Å². The lowest BCUT2D eigenvalue weighted by atomic mass is 10.1. The predicted octanol–water partition coefficient (Wildman–Crippen LogP) is 3.32. The maximum absolute atomic E-state index is 11.9. The summed E-state index contributed by atoms with van der Waals surface area (Å²) < 4.78 is 2.06. The zero-order chi connectivity index (χ0) is 12.7. The Kier molecular flexibility index (Phi) is 2.63. The van der Waals surface area contributed by atoms with E-state index >= 15 is 0 Å². The molecule has 0 saturated heterocycles. The van der Waals surface area contributed by atoms with Crippen LogP contribution in [0.2, 0.25) is 5.02 Å². The molecule has 1 aliphatic rings. The Bertz CT molecular complexity index is 631. The maximum Gasteiger partial charge on any atom is 0.244 e. The summed E-state index contributed by atoms with van der Waals surface area (Å²) in [6.45, 7) is 2.45. The Morgan fingerprint density at radius 3 is 2.94 bits per heavy atom. The number of nitrogens with one attached hydrogen (secondary N) is 1. The van der Waals surface area contributed by atoms with E-state index in [-0.39, 0.29) is 5.91 Å². The summed E-state index contributed by atoms with van der Waals surface area (Å²) in [5.41, 5.74) is 4.04. The summed E-state index contributed by atoms with van der Waals surface area (Å²) in [5.74, 6) is -0.0110. The van der Waals surface area contributed by atoms with E-state index in [0.717, 1.165) is 23.4 Å². The molecule has 1 aliphatic heterocycles. The average Bonchev–Trinajstić information content (AvgIpc) is 2.66. The van der Waals surface area contributed by atoms with Crippen LogP contribution in [0.5, 0.6) is 0 Å². The molecule has 0 spiro atoms. The molecule has 2 heterocycles. The van der Waals surface area contributed by atoms with Gasteiger partial charge in [0.15, 0.2) is 0 Å². The molecule has 1 aromatic carbocycles. The Morgan fingerprint density at radius 2 is 2.17 bits per heavy atom. The van der Waals surface area contributed by atoms with Crippen molar-refractivity contribution < 1.29 is 4.79 Å². The molecule has 3 rings (SSSR count). The van der Waals surface area contributed by atoms with Crippen LogP contribution in [0.1, 0.15) is 12.6 Å². The number of rotatable bonds is 1. The van der Waals surface area contributed by atoms with Crippen LogP contribution in [0, 0.1) is 0 Å². The molecule has 0 unspecified atom stereocenters. The summed E-state index contributed by atoms with van der Waals surface area (Å²) in [6.07, 6.45) is 0.913. The summed E-state index contributed by atoms with van der Waals surface area (Å²) in [5, 5.41) is 3.53. The largest absolute Gasteiger partial charge is 0.335 e. The first-order valence-electron chi connectivity index (χ1n) is 5.97. The Labute approximate surface area is 110 Å². The molecule has 0 saturated carbocycles. The molecule has 0 fully saturated rings. The minimum absolute atomic E-state index is 0.0110. The Hall–Kier alpha value is -1.74. The fraction of sp³-hybridized carbons (Fsp3) is 0.214. The van der Waals surface area contributed by atoms with Crippen LogP contribution >= 0.6 is 11.6 Å². The second-order valence-corrected chi connectivity index (χ2v) is 4.82. The second-order valence-electron chi connectivity index (χ2n) is 4.39. The number of nitrogens with zero attached hydrogens (tertiary/aromatic N) is 1. The van der Waals surface area contributed by atoms with E-state index in [2.05, 4.69) is 28.9 Å². The highest BCUT2D eigenvalue weighted by Crippen LogP contribution is 2.34. The Morgan fingerprint density at radius 1 is 1.33 bits per heavy atom. The van der Waals surface area contributed by atoms with Crippen molar-refractivity contribution in [2.45, 2.75) is 19.9 Å². The normalized spacial score (nSPS) is 13.6. The number of carbonyl (C=O) groups excluding carboxylic acids is 1. The average molecular weight is 261 g/mol. The van der Waals surface area contributed by atoms with Crippen LogP contribution in [0.15, 0.2) is 30.3 Å². The minimum Gasteiger partial charge on any atom is -0.335 e. The first-order chi connectivity index (χ1) is 8.69. The molecule has 1 aromatic heterocycles. The lowest BCUT2D eigenvalue weighted by Crippen LogP contribution is -2.17. The third-order valence-corrected chi connectivity index (χ3v) is 3.50. The highest BCUT2D eigenvalue weighted by atomic mass is 35.5. The van der Waals surface area contributed by atoms with Gasteiger partial charge in [0.05, 0.1) is 11.4 Å². The zero-order valence-electron chi connectivity index (χ0n) is 10.0.